The lowest BCUT2D eigenvalue weighted by Gasteiger charge is -2.07. The summed E-state index contributed by atoms with van der Waals surface area (Å²) < 4.78 is 5.14. The first-order chi connectivity index (χ1) is 9.97. The Bertz CT molecular complexity index is 865. The van der Waals surface area contributed by atoms with Gasteiger partial charge in [-0.1, -0.05) is 28.9 Å². The van der Waals surface area contributed by atoms with Gasteiger partial charge in [-0.05, 0) is 32.4 Å². The summed E-state index contributed by atoms with van der Waals surface area (Å²) in [5.74, 6) is -1.01. The van der Waals surface area contributed by atoms with Crippen molar-refractivity contribution < 1.29 is 14.4 Å². The molecule has 3 aromatic rings. The van der Waals surface area contributed by atoms with Gasteiger partial charge < -0.3 is 9.63 Å². The fourth-order valence-electron chi connectivity index (χ4n) is 2.50. The molecule has 1 N–H and O–H groups in total. The average molecular weight is 282 g/mol. The van der Waals surface area contributed by atoms with Crippen LogP contribution in [-0.4, -0.2) is 21.2 Å². The van der Waals surface area contributed by atoms with Crippen molar-refractivity contribution in [2.75, 3.05) is 0 Å². The minimum Gasteiger partial charge on any atom is -0.478 e. The molecule has 0 saturated heterocycles. The van der Waals surface area contributed by atoms with E-state index in [1.54, 1.807) is 13.0 Å². The summed E-state index contributed by atoms with van der Waals surface area (Å²) in [5, 5.41) is 13.7. The summed E-state index contributed by atoms with van der Waals surface area (Å²) in [7, 11) is 0. The second-order valence-corrected chi connectivity index (χ2v) is 5.13. The lowest BCUT2D eigenvalue weighted by molar-refractivity contribution is 0.0699. The van der Waals surface area contributed by atoms with Gasteiger partial charge in [0.2, 0.25) is 0 Å². The number of carbonyl (C=O) groups is 1. The number of hydrogen-bond acceptors (Lipinski definition) is 4. The molecule has 0 aliphatic heterocycles. The van der Waals surface area contributed by atoms with E-state index in [4.69, 9.17) is 4.52 Å². The monoisotopic (exact) mass is 282 g/mol. The second-order valence-electron chi connectivity index (χ2n) is 5.13. The smallest absolute Gasteiger partial charge is 0.336 e. The quantitative estimate of drug-likeness (QED) is 0.778. The van der Waals surface area contributed by atoms with E-state index in [1.165, 1.54) is 0 Å². The van der Waals surface area contributed by atoms with Crippen LogP contribution in [0.25, 0.3) is 22.4 Å². The van der Waals surface area contributed by atoms with Crippen molar-refractivity contribution in [3.05, 3.63) is 46.6 Å². The molecular weight excluding hydrogens is 268 g/mol. The first-order valence-corrected chi connectivity index (χ1v) is 6.55. The Kier molecular flexibility index (Phi) is 2.97. The van der Waals surface area contributed by atoms with E-state index >= 15 is 0 Å². The van der Waals surface area contributed by atoms with E-state index in [0.29, 0.717) is 16.8 Å². The van der Waals surface area contributed by atoms with Gasteiger partial charge in [-0.2, -0.15) is 0 Å². The van der Waals surface area contributed by atoms with Gasteiger partial charge in [-0.3, -0.25) is 0 Å². The third-order valence-electron chi connectivity index (χ3n) is 3.51. The van der Waals surface area contributed by atoms with Crippen LogP contribution < -0.4 is 0 Å². The molecule has 2 aromatic heterocycles. The lowest BCUT2D eigenvalue weighted by atomic mass is 10.0. The van der Waals surface area contributed by atoms with Crippen LogP contribution in [0.5, 0.6) is 0 Å². The maximum atomic E-state index is 11.5. The van der Waals surface area contributed by atoms with Crippen LogP contribution in [0, 0.1) is 20.8 Å². The van der Waals surface area contributed by atoms with Crippen molar-refractivity contribution in [1.82, 2.24) is 10.1 Å². The van der Waals surface area contributed by atoms with Crippen molar-refractivity contribution in [3.63, 3.8) is 0 Å². The molecular formula is C16H14N2O3. The van der Waals surface area contributed by atoms with E-state index in [1.807, 2.05) is 32.0 Å². The molecule has 106 valence electrons. The highest BCUT2D eigenvalue weighted by Gasteiger charge is 2.19. The molecule has 0 radical (unpaired) electrons. The molecule has 0 amide bonds. The zero-order valence-corrected chi connectivity index (χ0v) is 12.0. The number of aryl methyl sites for hydroxylation is 3. The van der Waals surface area contributed by atoms with Crippen molar-refractivity contribution in [2.24, 2.45) is 0 Å². The van der Waals surface area contributed by atoms with Gasteiger partial charge in [0.25, 0.3) is 5.71 Å². The normalized spacial score (nSPS) is 11.0. The Morgan fingerprint density at radius 1 is 1.19 bits per heavy atom. The summed E-state index contributed by atoms with van der Waals surface area (Å²) in [6, 6.07) is 7.52. The Morgan fingerprint density at radius 3 is 2.62 bits per heavy atom. The average Bonchev–Trinajstić information content (AvgIpc) is 2.79. The number of hydrogen-bond donors (Lipinski definition) is 1. The Morgan fingerprint density at radius 2 is 1.95 bits per heavy atom. The number of carboxylic acids is 1. The highest BCUT2D eigenvalue weighted by atomic mass is 16.5. The van der Waals surface area contributed by atoms with Crippen LogP contribution >= 0.6 is 0 Å². The molecule has 0 unspecified atom stereocenters. The summed E-state index contributed by atoms with van der Waals surface area (Å²) >= 11 is 0. The molecule has 0 aliphatic carbocycles. The highest BCUT2D eigenvalue weighted by Crippen LogP contribution is 2.29. The van der Waals surface area contributed by atoms with Crippen LogP contribution in [0.15, 0.2) is 28.8 Å². The summed E-state index contributed by atoms with van der Waals surface area (Å²) in [5.41, 5.74) is 4.59. The van der Waals surface area contributed by atoms with Crippen LogP contribution in [-0.2, 0) is 0 Å². The van der Waals surface area contributed by atoms with E-state index in [9.17, 15) is 9.90 Å². The first-order valence-electron chi connectivity index (χ1n) is 6.55. The van der Waals surface area contributed by atoms with Crippen LogP contribution in [0.1, 0.15) is 27.2 Å². The number of aromatic nitrogens is 2. The molecule has 0 atom stereocenters. The molecule has 0 aliphatic rings. The molecule has 0 fully saturated rings. The van der Waals surface area contributed by atoms with Gasteiger partial charge in [0.05, 0.1) is 22.3 Å². The predicted molar refractivity (Wildman–Crippen MR) is 78.4 cm³/mol. The highest BCUT2D eigenvalue weighted by molar-refractivity contribution is 6.03. The Balaban J connectivity index is 2.31. The van der Waals surface area contributed by atoms with Crippen molar-refractivity contribution >= 4 is 17.1 Å². The fraction of sp³-hybridized carbons (Fsp3) is 0.188. The van der Waals surface area contributed by atoms with Gasteiger partial charge >= 0.3 is 5.97 Å². The standard InChI is InChI=1S/C16H14N2O3/c1-8-4-5-11(9(2)6-8)13-7-12(16(19)20)14-10(3)18-21-15(14)17-13/h4-7H,1-3H3,(H,19,20). The van der Waals surface area contributed by atoms with Crippen LogP contribution in [0.2, 0.25) is 0 Å². The number of fused-ring (bicyclic) bond motifs is 1. The number of rotatable bonds is 2. The molecule has 1 aromatic carbocycles. The fourth-order valence-corrected chi connectivity index (χ4v) is 2.50. The number of carboxylic acid groups (broad SMARTS) is 1. The number of nitrogens with zero attached hydrogens (tertiary/aromatic N) is 2. The van der Waals surface area contributed by atoms with Crippen LogP contribution in [0.3, 0.4) is 0 Å². The zero-order valence-electron chi connectivity index (χ0n) is 12.0. The van der Waals surface area contributed by atoms with Crippen LogP contribution in [0.4, 0.5) is 0 Å². The number of aromatic carboxylic acids is 1. The Hall–Kier alpha value is -2.69. The molecule has 5 heteroatoms. The van der Waals surface area contributed by atoms with Gasteiger partial charge in [0, 0.05) is 5.56 Å². The Labute approximate surface area is 121 Å². The van der Waals surface area contributed by atoms with E-state index in [2.05, 4.69) is 10.1 Å². The van der Waals surface area contributed by atoms with E-state index < -0.39 is 5.97 Å². The van der Waals surface area contributed by atoms with Gasteiger partial charge in [-0.15, -0.1) is 0 Å². The number of pyridine rings is 1. The molecule has 0 saturated carbocycles. The maximum Gasteiger partial charge on any atom is 0.336 e. The lowest BCUT2D eigenvalue weighted by Crippen LogP contribution is -2.00. The third-order valence-corrected chi connectivity index (χ3v) is 3.51. The third kappa shape index (κ3) is 2.16. The second kappa shape index (κ2) is 4.70. The predicted octanol–water partition coefficient (Wildman–Crippen LogP) is 3.51. The first kappa shape index (κ1) is 13.3. The zero-order chi connectivity index (χ0) is 15.1. The van der Waals surface area contributed by atoms with Gasteiger partial charge in [0.15, 0.2) is 0 Å². The molecule has 5 nitrogen and oxygen atoms in total. The molecule has 3 rings (SSSR count). The molecule has 0 spiro atoms. The van der Waals surface area contributed by atoms with Crippen molar-refractivity contribution in [3.8, 4) is 11.3 Å². The minimum absolute atomic E-state index is 0.161. The SMILES string of the molecule is Cc1ccc(-c2cc(C(=O)O)c3c(C)noc3n2)c(C)c1. The maximum absolute atomic E-state index is 11.5. The molecule has 21 heavy (non-hydrogen) atoms. The summed E-state index contributed by atoms with van der Waals surface area (Å²) in [6.45, 7) is 5.69. The van der Waals surface area contributed by atoms with Crippen molar-refractivity contribution in [2.45, 2.75) is 20.8 Å². The van der Waals surface area contributed by atoms with Crippen molar-refractivity contribution in [1.29, 1.82) is 0 Å². The minimum atomic E-state index is -1.01. The van der Waals surface area contributed by atoms with E-state index in [0.717, 1.165) is 16.7 Å². The summed E-state index contributed by atoms with van der Waals surface area (Å²) in [6.07, 6.45) is 0. The van der Waals surface area contributed by atoms with E-state index in [-0.39, 0.29) is 11.3 Å². The van der Waals surface area contributed by atoms with Gasteiger partial charge in [0.1, 0.15) is 0 Å². The molecule has 2 heterocycles. The topological polar surface area (TPSA) is 76.2 Å². The molecule has 0 bridgehead atoms. The van der Waals surface area contributed by atoms with Gasteiger partial charge in [-0.25, -0.2) is 9.78 Å². The largest absolute Gasteiger partial charge is 0.478 e. The number of benzene rings is 1. The summed E-state index contributed by atoms with van der Waals surface area (Å²) in [4.78, 5) is 15.9.